The van der Waals surface area contributed by atoms with Crippen LogP contribution in [-0.4, -0.2) is 18.6 Å². The maximum absolute atomic E-state index is 10.7. The van der Waals surface area contributed by atoms with E-state index in [1.165, 1.54) is 0 Å². The van der Waals surface area contributed by atoms with Gasteiger partial charge in [0.1, 0.15) is 6.04 Å². The topological polar surface area (TPSA) is 52.3 Å². The highest BCUT2D eigenvalue weighted by atomic mass is 16.5. The Balaban J connectivity index is 3.62. The zero-order valence-corrected chi connectivity index (χ0v) is 5.96. The zero-order valence-electron chi connectivity index (χ0n) is 5.96. The third-order valence-electron chi connectivity index (χ3n) is 0.927. The van der Waals surface area contributed by atoms with Crippen LogP contribution in [0.2, 0.25) is 0 Å². The van der Waals surface area contributed by atoms with Crippen molar-refractivity contribution in [1.29, 1.82) is 0 Å². The summed E-state index contributed by atoms with van der Waals surface area (Å²) >= 11 is 0. The highest BCUT2D eigenvalue weighted by molar-refractivity contribution is 5.75. The standard InChI is InChI=1S/C7H11NO2/c1-3-5-6(8)7(9)10-4-2/h1,6H,4-5,8H2,2H3/t6-/m1/s1. The smallest absolute Gasteiger partial charge is 0.323 e. The number of hydrogen-bond donors (Lipinski definition) is 1. The van der Waals surface area contributed by atoms with Crippen molar-refractivity contribution < 1.29 is 9.53 Å². The summed E-state index contributed by atoms with van der Waals surface area (Å²) in [5.74, 6) is 1.85. The molecule has 0 radical (unpaired) electrons. The van der Waals surface area contributed by atoms with E-state index in [1.54, 1.807) is 6.92 Å². The van der Waals surface area contributed by atoms with Gasteiger partial charge in [-0.3, -0.25) is 4.79 Å². The van der Waals surface area contributed by atoms with Crippen molar-refractivity contribution in [3.05, 3.63) is 0 Å². The fourth-order valence-electron chi connectivity index (χ4n) is 0.460. The van der Waals surface area contributed by atoms with Crippen LogP contribution in [0.3, 0.4) is 0 Å². The van der Waals surface area contributed by atoms with E-state index in [1.807, 2.05) is 0 Å². The molecule has 0 heterocycles. The second-order valence-corrected chi connectivity index (χ2v) is 1.77. The molecule has 0 saturated carbocycles. The average molecular weight is 141 g/mol. The molecular formula is C7H11NO2. The molecule has 3 heteroatoms. The summed E-state index contributed by atoms with van der Waals surface area (Å²) in [6.07, 6.45) is 5.16. The number of carbonyl (C=O) groups excluding carboxylic acids is 1. The van der Waals surface area contributed by atoms with E-state index < -0.39 is 12.0 Å². The van der Waals surface area contributed by atoms with Crippen LogP contribution in [-0.2, 0) is 9.53 Å². The molecule has 0 aromatic carbocycles. The quantitative estimate of drug-likeness (QED) is 0.441. The molecule has 0 spiro atoms. The van der Waals surface area contributed by atoms with Gasteiger partial charge in [0.25, 0.3) is 0 Å². The summed E-state index contributed by atoms with van der Waals surface area (Å²) < 4.78 is 4.60. The number of ether oxygens (including phenoxy) is 1. The van der Waals surface area contributed by atoms with E-state index in [-0.39, 0.29) is 6.42 Å². The van der Waals surface area contributed by atoms with Crippen LogP contribution in [0.1, 0.15) is 13.3 Å². The molecule has 0 unspecified atom stereocenters. The Bertz CT molecular complexity index is 148. The van der Waals surface area contributed by atoms with E-state index >= 15 is 0 Å². The van der Waals surface area contributed by atoms with Crippen LogP contribution in [0.5, 0.6) is 0 Å². The van der Waals surface area contributed by atoms with Gasteiger partial charge in [-0.05, 0) is 6.92 Å². The van der Waals surface area contributed by atoms with Gasteiger partial charge in [-0.2, -0.15) is 0 Å². The molecule has 0 amide bonds. The minimum absolute atomic E-state index is 0.235. The molecule has 10 heavy (non-hydrogen) atoms. The first-order valence-corrected chi connectivity index (χ1v) is 3.08. The normalized spacial score (nSPS) is 11.7. The average Bonchev–Trinajstić information content (AvgIpc) is 1.89. The second kappa shape index (κ2) is 4.83. The Kier molecular flexibility index (Phi) is 4.34. The van der Waals surface area contributed by atoms with Crippen LogP contribution in [0, 0.1) is 12.3 Å². The Hall–Kier alpha value is -1.01. The molecular weight excluding hydrogens is 130 g/mol. The lowest BCUT2D eigenvalue weighted by atomic mass is 10.2. The largest absolute Gasteiger partial charge is 0.465 e. The molecule has 0 aliphatic carbocycles. The highest BCUT2D eigenvalue weighted by Gasteiger charge is 2.11. The summed E-state index contributed by atoms with van der Waals surface area (Å²) in [5.41, 5.74) is 5.30. The van der Waals surface area contributed by atoms with Gasteiger partial charge in [0, 0.05) is 6.42 Å². The number of carbonyl (C=O) groups is 1. The number of hydrogen-bond acceptors (Lipinski definition) is 3. The van der Waals surface area contributed by atoms with Crippen LogP contribution in [0.25, 0.3) is 0 Å². The Morgan fingerprint density at radius 2 is 2.50 bits per heavy atom. The second-order valence-electron chi connectivity index (χ2n) is 1.77. The summed E-state index contributed by atoms with van der Waals surface area (Å²) in [6.45, 7) is 2.07. The van der Waals surface area contributed by atoms with Crippen molar-refractivity contribution in [2.75, 3.05) is 6.61 Å². The Morgan fingerprint density at radius 1 is 1.90 bits per heavy atom. The molecule has 0 fully saturated rings. The zero-order chi connectivity index (χ0) is 7.98. The van der Waals surface area contributed by atoms with Gasteiger partial charge in [-0.25, -0.2) is 0 Å². The minimum Gasteiger partial charge on any atom is -0.465 e. The van der Waals surface area contributed by atoms with Gasteiger partial charge >= 0.3 is 5.97 Å². The molecule has 0 aliphatic heterocycles. The molecule has 0 rings (SSSR count). The fourth-order valence-corrected chi connectivity index (χ4v) is 0.460. The van der Waals surface area contributed by atoms with Crippen molar-refractivity contribution >= 4 is 5.97 Å². The SMILES string of the molecule is C#CC[C@@H](N)C(=O)OCC. The predicted molar refractivity (Wildman–Crippen MR) is 38.1 cm³/mol. The monoisotopic (exact) mass is 141 g/mol. The third-order valence-corrected chi connectivity index (χ3v) is 0.927. The predicted octanol–water partition coefficient (Wildman–Crippen LogP) is -0.0999. The number of terminal acetylenes is 1. The van der Waals surface area contributed by atoms with Crippen molar-refractivity contribution in [2.24, 2.45) is 5.73 Å². The number of rotatable bonds is 3. The van der Waals surface area contributed by atoms with Crippen LogP contribution < -0.4 is 5.73 Å². The van der Waals surface area contributed by atoms with Gasteiger partial charge in [0.2, 0.25) is 0 Å². The van der Waals surface area contributed by atoms with Gasteiger partial charge in [-0.15, -0.1) is 12.3 Å². The molecule has 0 aromatic heterocycles. The van der Waals surface area contributed by atoms with E-state index in [2.05, 4.69) is 10.7 Å². The molecule has 56 valence electrons. The number of nitrogens with two attached hydrogens (primary N) is 1. The maximum Gasteiger partial charge on any atom is 0.323 e. The van der Waals surface area contributed by atoms with Gasteiger partial charge in [0.15, 0.2) is 0 Å². The first kappa shape index (κ1) is 8.99. The molecule has 0 aromatic rings. The fraction of sp³-hybridized carbons (Fsp3) is 0.571. The summed E-state index contributed by atoms with van der Waals surface area (Å²) in [6, 6.07) is -0.662. The lowest BCUT2D eigenvalue weighted by Gasteiger charge is -2.05. The summed E-state index contributed by atoms with van der Waals surface area (Å²) in [4.78, 5) is 10.7. The van der Waals surface area contributed by atoms with Crippen LogP contribution >= 0.6 is 0 Å². The van der Waals surface area contributed by atoms with Crippen LogP contribution in [0.15, 0.2) is 0 Å². The van der Waals surface area contributed by atoms with E-state index in [0.717, 1.165) is 0 Å². The molecule has 0 bridgehead atoms. The third kappa shape index (κ3) is 3.10. The van der Waals surface area contributed by atoms with E-state index in [0.29, 0.717) is 6.61 Å². The minimum atomic E-state index is -0.662. The first-order chi connectivity index (χ1) is 4.72. The van der Waals surface area contributed by atoms with E-state index in [9.17, 15) is 4.79 Å². The summed E-state index contributed by atoms with van der Waals surface area (Å²) in [5, 5.41) is 0. The van der Waals surface area contributed by atoms with Crippen LogP contribution in [0.4, 0.5) is 0 Å². The summed E-state index contributed by atoms with van der Waals surface area (Å²) in [7, 11) is 0. The van der Waals surface area contributed by atoms with Gasteiger partial charge in [0.05, 0.1) is 6.61 Å². The first-order valence-electron chi connectivity index (χ1n) is 3.08. The lowest BCUT2D eigenvalue weighted by molar-refractivity contribution is -0.144. The lowest BCUT2D eigenvalue weighted by Crippen LogP contribution is -2.31. The molecule has 2 N–H and O–H groups in total. The van der Waals surface area contributed by atoms with Crippen molar-refractivity contribution in [2.45, 2.75) is 19.4 Å². The number of esters is 1. The highest BCUT2D eigenvalue weighted by Crippen LogP contribution is 1.89. The molecule has 3 nitrogen and oxygen atoms in total. The molecule has 1 atom stereocenters. The van der Waals surface area contributed by atoms with Gasteiger partial charge in [-0.1, -0.05) is 0 Å². The Labute approximate surface area is 60.5 Å². The van der Waals surface area contributed by atoms with Gasteiger partial charge < -0.3 is 10.5 Å². The molecule has 0 aliphatic rings. The maximum atomic E-state index is 10.7. The van der Waals surface area contributed by atoms with Crippen molar-refractivity contribution in [3.63, 3.8) is 0 Å². The van der Waals surface area contributed by atoms with E-state index in [4.69, 9.17) is 12.2 Å². The van der Waals surface area contributed by atoms with Crippen molar-refractivity contribution in [1.82, 2.24) is 0 Å². The molecule has 0 saturated heterocycles. The van der Waals surface area contributed by atoms with Crippen molar-refractivity contribution in [3.8, 4) is 12.3 Å². The Morgan fingerprint density at radius 3 is 2.90 bits per heavy atom.